The van der Waals surface area contributed by atoms with Crippen molar-refractivity contribution >= 4 is 34.1 Å². The van der Waals surface area contributed by atoms with Crippen LogP contribution in [0.3, 0.4) is 0 Å². The Hall–Kier alpha value is -2.38. The summed E-state index contributed by atoms with van der Waals surface area (Å²) in [7, 11) is 1.64. The molecule has 0 bridgehead atoms. The summed E-state index contributed by atoms with van der Waals surface area (Å²) < 4.78 is 5.13. The first-order valence-electron chi connectivity index (χ1n) is 7.70. The molecule has 1 amide bonds. The monoisotopic (exact) mass is 371 g/mol. The lowest BCUT2D eigenvalue weighted by Crippen LogP contribution is -2.11. The number of aromatic nitrogens is 2. The SMILES string of the molecule is COc1ccc(SCCC(=O)Nc2nnc(-c3ccccc3)s2)cc1. The molecular formula is C18H17N3O2S2. The molecule has 0 aliphatic heterocycles. The minimum Gasteiger partial charge on any atom is -0.497 e. The second-order valence-corrected chi connectivity index (χ2v) is 7.25. The summed E-state index contributed by atoms with van der Waals surface area (Å²) in [5.74, 6) is 1.46. The predicted molar refractivity (Wildman–Crippen MR) is 102 cm³/mol. The first-order valence-corrected chi connectivity index (χ1v) is 9.50. The van der Waals surface area contributed by atoms with Gasteiger partial charge in [0.2, 0.25) is 11.0 Å². The lowest BCUT2D eigenvalue weighted by molar-refractivity contribution is -0.115. The molecule has 25 heavy (non-hydrogen) atoms. The molecule has 0 fully saturated rings. The summed E-state index contributed by atoms with van der Waals surface area (Å²) in [4.78, 5) is 13.2. The van der Waals surface area contributed by atoms with Crippen molar-refractivity contribution < 1.29 is 9.53 Å². The third-order valence-electron chi connectivity index (χ3n) is 3.35. The van der Waals surface area contributed by atoms with Crippen molar-refractivity contribution in [2.75, 3.05) is 18.2 Å². The lowest BCUT2D eigenvalue weighted by Gasteiger charge is -2.03. The Morgan fingerprint density at radius 1 is 1.12 bits per heavy atom. The van der Waals surface area contributed by atoms with Crippen LogP contribution in [0.4, 0.5) is 5.13 Å². The minimum atomic E-state index is -0.0585. The van der Waals surface area contributed by atoms with Gasteiger partial charge in [0.15, 0.2) is 0 Å². The van der Waals surface area contributed by atoms with Gasteiger partial charge in [-0.15, -0.1) is 22.0 Å². The number of benzene rings is 2. The topological polar surface area (TPSA) is 64.1 Å². The lowest BCUT2D eigenvalue weighted by atomic mass is 10.2. The molecule has 1 heterocycles. The van der Waals surface area contributed by atoms with Crippen LogP contribution in [-0.2, 0) is 4.79 Å². The highest BCUT2D eigenvalue weighted by Crippen LogP contribution is 2.26. The van der Waals surface area contributed by atoms with Crippen LogP contribution < -0.4 is 10.1 Å². The number of anilines is 1. The molecule has 5 nitrogen and oxygen atoms in total. The number of rotatable bonds is 7. The van der Waals surface area contributed by atoms with Gasteiger partial charge in [0.05, 0.1) is 7.11 Å². The highest BCUT2D eigenvalue weighted by atomic mass is 32.2. The van der Waals surface area contributed by atoms with E-state index in [0.717, 1.165) is 21.2 Å². The molecular weight excluding hydrogens is 354 g/mol. The number of carbonyl (C=O) groups excluding carboxylic acids is 1. The Labute approximate surface area is 154 Å². The zero-order valence-corrected chi connectivity index (χ0v) is 15.3. The fourth-order valence-electron chi connectivity index (χ4n) is 2.09. The zero-order valence-electron chi connectivity index (χ0n) is 13.6. The number of amides is 1. The van der Waals surface area contributed by atoms with Crippen LogP contribution in [0.1, 0.15) is 6.42 Å². The summed E-state index contributed by atoms with van der Waals surface area (Å²) in [6.07, 6.45) is 0.414. The molecule has 1 N–H and O–H groups in total. The first kappa shape index (κ1) is 17.4. The van der Waals surface area contributed by atoms with E-state index in [-0.39, 0.29) is 5.91 Å². The van der Waals surface area contributed by atoms with Crippen molar-refractivity contribution in [2.45, 2.75) is 11.3 Å². The molecule has 0 aliphatic carbocycles. The van der Waals surface area contributed by atoms with E-state index >= 15 is 0 Å². The third-order valence-corrected chi connectivity index (χ3v) is 5.25. The van der Waals surface area contributed by atoms with Gasteiger partial charge in [-0.25, -0.2) is 0 Å². The Bertz CT molecular complexity index is 820. The summed E-state index contributed by atoms with van der Waals surface area (Å²) in [5.41, 5.74) is 0.996. The van der Waals surface area contributed by atoms with E-state index in [1.807, 2.05) is 54.6 Å². The molecule has 0 saturated carbocycles. The average Bonchev–Trinajstić information content (AvgIpc) is 3.11. The van der Waals surface area contributed by atoms with E-state index in [2.05, 4.69) is 15.5 Å². The predicted octanol–water partition coefficient (Wildman–Crippen LogP) is 4.33. The molecule has 0 aliphatic rings. The van der Waals surface area contributed by atoms with Crippen LogP contribution in [0, 0.1) is 0 Å². The van der Waals surface area contributed by atoms with Gasteiger partial charge in [-0.2, -0.15) is 0 Å². The van der Waals surface area contributed by atoms with E-state index in [1.165, 1.54) is 11.3 Å². The van der Waals surface area contributed by atoms with Crippen molar-refractivity contribution in [3.8, 4) is 16.3 Å². The Balaban J connectivity index is 1.47. The Kier molecular flexibility index (Phi) is 6.03. The van der Waals surface area contributed by atoms with Crippen LogP contribution in [0.25, 0.3) is 10.6 Å². The second-order valence-electron chi connectivity index (χ2n) is 5.10. The molecule has 128 valence electrons. The summed E-state index contributed by atoms with van der Waals surface area (Å²) >= 11 is 3.00. The molecule has 0 atom stereocenters. The fourth-order valence-corrected chi connectivity index (χ4v) is 3.70. The normalized spacial score (nSPS) is 10.4. The molecule has 0 radical (unpaired) electrons. The number of methoxy groups -OCH3 is 1. The summed E-state index contributed by atoms with van der Waals surface area (Å²) in [5, 5.41) is 12.3. The largest absolute Gasteiger partial charge is 0.497 e. The summed E-state index contributed by atoms with van der Waals surface area (Å²) in [6, 6.07) is 17.6. The number of ether oxygens (including phenoxy) is 1. The number of carbonyl (C=O) groups is 1. The third kappa shape index (κ3) is 5.04. The van der Waals surface area contributed by atoms with Crippen LogP contribution in [0.5, 0.6) is 5.75 Å². The van der Waals surface area contributed by atoms with Crippen LogP contribution >= 0.6 is 23.1 Å². The minimum absolute atomic E-state index is 0.0585. The second kappa shape index (κ2) is 8.64. The Morgan fingerprint density at radius 3 is 2.60 bits per heavy atom. The van der Waals surface area contributed by atoms with Crippen LogP contribution in [0.15, 0.2) is 59.5 Å². The molecule has 7 heteroatoms. The van der Waals surface area contributed by atoms with Crippen molar-refractivity contribution in [2.24, 2.45) is 0 Å². The van der Waals surface area contributed by atoms with Crippen LogP contribution in [0.2, 0.25) is 0 Å². The standard InChI is InChI=1S/C18H17N3O2S2/c1-23-14-7-9-15(10-8-14)24-12-11-16(22)19-18-21-20-17(25-18)13-5-3-2-4-6-13/h2-10H,11-12H2,1H3,(H,19,21,22). The maximum Gasteiger partial charge on any atom is 0.227 e. The fraction of sp³-hybridized carbons (Fsp3) is 0.167. The quantitative estimate of drug-likeness (QED) is 0.626. The zero-order chi connectivity index (χ0) is 17.5. The van der Waals surface area contributed by atoms with Gasteiger partial charge in [-0.3, -0.25) is 4.79 Å². The molecule has 2 aromatic carbocycles. The van der Waals surface area contributed by atoms with Gasteiger partial charge in [-0.1, -0.05) is 41.7 Å². The van der Waals surface area contributed by atoms with E-state index in [1.54, 1.807) is 18.9 Å². The molecule has 3 aromatic rings. The Morgan fingerprint density at radius 2 is 1.88 bits per heavy atom. The molecule has 0 saturated heterocycles. The highest BCUT2D eigenvalue weighted by molar-refractivity contribution is 7.99. The van der Waals surface area contributed by atoms with E-state index in [0.29, 0.717) is 17.3 Å². The number of nitrogens with zero attached hydrogens (tertiary/aromatic N) is 2. The van der Waals surface area contributed by atoms with E-state index in [9.17, 15) is 4.79 Å². The molecule has 0 unspecified atom stereocenters. The maximum absolute atomic E-state index is 12.0. The van der Waals surface area contributed by atoms with E-state index < -0.39 is 0 Å². The molecule has 1 aromatic heterocycles. The van der Waals surface area contributed by atoms with Gasteiger partial charge in [0.1, 0.15) is 10.8 Å². The van der Waals surface area contributed by atoms with Crippen molar-refractivity contribution in [3.05, 3.63) is 54.6 Å². The van der Waals surface area contributed by atoms with Crippen molar-refractivity contribution in [3.63, 3.8) is 0 Å². The maximum atomic E-state index is 12.0. The number of hydrogen-bond acceptors (Lipinski definition) is 6. The van der Waals surface area contributed by atoms with Gasteiger partial charge < -0.3 is 10.1 Å². The number of hydrogen-bond donors (Lipinski definition) is 1. The van der Waals surface area contributed by atoms with E-state index in [4.69, 9.17) is 4.74 Å². The van der Waals surface area contributed by atoms with Gasteiger partial charge in [0.25, 0.3) is 0 Å². The van der Waals surface area contributed by atoms with Gasteiger partial charge in [-0.05, 0) is 24.3 Å². The van der Waals surface area contributed by atoms with Crippen molar-refractivity contribution in [1.82, 2.24) is 10.2 Å². The average molecular weight is 371 g/mol. The van der Waals surface area contributed by atoms with Gasteiger partial charge in [0, 0.05) is 22.6 Å². The van der Waals surface area contributed by atoms with Gasteiger partial charge >= 0.3 is 0 Å². The highest BCUT2D eigenvalue weighted by Gasteiger charge is 2.09. The van der Waals surface area contributed by atoms with Crippen molar-refractivity contribution in [1.29, 1.82) is 0 Å². The first-order chi connectivity index (χ1) is 12.2. The summed E-state index contributed by atoms with van der Waals surface area (Å²) in [6.45, 7) is 0. The number of nitrogens with one attached hydrogen (secondary N) is 1. The smallest absolute Gasteiger partial charge is 0.227 e. The molecule has 0 spiro atoms. The molecule has 3 rings (SSSR count). The van der Waals surface area contributed by atoms with Crippen LogP contribution in [-0.4, -0.2) is 29.0 Å². The number of thioether (sulfide) groups is 1.